The predicted molar refractivity (Wildman–Crippen MR) is 71.2 cm³/mol. The number of carbonyl (C=O) groups excluding carboxylic acids is 1. The zero-order valence-corrected chi connectivity index (χ0v) is 11.4. The van der Waals surface area contributed by atoms with Crippen LogP contribution < -0.4 is 14.8 Å². The van der Waals surface area contributed by atoms with Crippen LogP contribution in [0.15, 0.2) is 12.1 Å². The number of amides is 1. The van der Waals surface area contributed by atoms with Gasteiger partial charge in [0.05, 0.1) is 20.3 Å². The molecule has 0 fully saturated rings. The van der Waals surface area contributed by atoms with Gasteiger partial charge in [-0.1, -0.05) is 0 Å². The van der Waals surface area contributed by atoms with Crippen molar-refractivity contribution in [1.29, 1.82) is 5.26 Å². The molecule has 0 aliphatic rings. The molecule has 0 bridgehead atoms. The molecule has 0 unspecified atom stereocenters. The first-order chi connectivity index (χ1) is 9.12. The molecular formula is C14H18N2O3. The van der Waals surface area contributed by atoms with Crippen LogP contribution in [0.2, 0.25) is 0 Å². The van der Waals surface area contributed by atoms with Crippen LogP contribution >= 0.6 is 0 Å². The standard InChI is InChI=1S/C14H18N2O3/c1-10-8-11(18-2)9-13(19-3)12(10)5-7-16-14(17)4-6-15/h8-9H,4-5,7H2,1-3H3,(H,16,17). The third-order valence-electron chi connectivity index (χ3n) is 2.80. The SMILES string of the molecule is COc1cc(C)c(CCNC(=O)CC#N)c(OC)c1. The van der Waals surface area contributed by atoms with E-state index >= 15 is 0 Å². The summed E-state index contributed by atoms with van der Waals surface area (Å²) in [5.74, 6) is 1.23. The van der Waals surface area contributed by atoms with E-state index in [1.807, 2.05) is 25.1 Å². The number of hydrogen-bond acceptors (Lipinski definition) is 4. The Morgan fingerprint density at radius 1 is 1.37 bits per heavy atom. The van der Waals surface area contributed by atoms with E-state index in [4.69, 9.17) is 14.7 Å². The monoisotopic (exact) mass is 262 g/mol. The highest BCUT2D eigenvalue weighted by Crippen LogP contribution is 2.28. The number of hydrogen-bond donors (Lipinski definition) is 1. The van der Waals surface area contributed by atoms with E-state index in [1.54, 1.807) is 14.2 Å². The van der Waals surface area contributed by atoms with Crippen molar-refractivity contribution in [3.8, 4) is 17.6 Å². The lowest BCUT2D eigenvalue weighted by Gasteiger charge is -2.14. The molecule has 1 rings (SSSR count). The van der Waals surface area contributed by atoms with Gasteiger partial charge in [0.15, 0.2) is 0 Å². The molecule has 0 saturated heterocycles. The lowest BCUT2D eigenvalue weighted by molar-refractivity contribution is -0.120. The molecular weight excluding hydrogens is 244 g/mol. The summed E-state index contributed by atoms with van der Waals surface area (Å²) < 4.78 is 10.5. The third kappa shape index (κ3) is 4.18. The molecule has 19 heavy (non-hydrogen) atoms. The molecule has 1 aromatic carbocycles. The van der Waals surface area contributed by atoms with Crippen molar-refractivity contribution in [2.24, 2.45) is 0 Å². The number of nitrogens with zero attached hydrogens (tertiary/aromatic N) is 1. The Hall–Kier alpha value is -2.22. The minimum absolute atomic E-state index is 0.112. The van der Waals surface area contributed by atoms with Crippen molar-refractivity contribution in [1.82, 2.24) is 5.32 Å². The first kappa shape index (κ1) is 14.8. The lowest BCUT2D eigenvalue weighted by Crippen LogP contribution is -2.25. The van der Waals surface area contributed by atoms with Crippen LogP contribution in [0.25, 0.3) is 0 Å². The number of benzene rings is 1. The van der Waals surface area contributed by atoms with Crippen LogP contribution in [0.4, 0.5) is 0 Å². The van der Waals surface area contributed by atoms with Gasteiger partial charge < -0.3 is 14.8 Å². The van der Waals surface area contributed by atoms with Gasteiger partial charge in [0.25, 0.3) is 0 Å². The molecule has 102 valence electrons. The summed E-state index contributed by atoms with van der Waals surface area (Å²) in [4.78, 5) is 11.2. The molecule has 1 aromatic rings. The zero-order chi connectivity index (χ0) is 14.3. The van der Waals surface area contributed by atoms with E-state index in [0.717, 1.165) is 22.6 Å². The smallest absolute Gasteiger partial charge is 0.234 e. The summed E-state index contributed by atoms with van der Waals surface area (Å²) >= 11 is 0. The van der Waals surface area contributed by atoms with Gasteiger partial charge >= 0.3 is 0 Å². The van der Waals surface area contributed by atoms with Gasteiger partial charge in [0.1, 0.15) is 17.9 Å². The van der Waals surface area contributed by atoms with Gasteiger partial charge in [-0.15, -0.1) is 0 Å². The summed E-state index contributed by atoms with van der Waals surface area (Å²) in [6, 6.07) is 5.56. The second kappa shape index (κ2) is 7.27. The highest BCUT2D eigenvalue weighted by molar-refractivity contribution is 5.77. The number of aryl methyl sites for hydroxylation is 1. The van der Waals surface area contributed by atoms with Gasteiger partial charge in [0, 0.05) is 12.6 Å². The Morgan fingerprint density at radius 2 is 2.11 bits per heavy atom. The molecule has 0 spiro atoms. The van der Waals surface area contributed by atoms with Crippen LogP contribution in [0.5, 0.6) is 11.5 Å². The number of ether oxygens (including phenoxy) is 2. The molecule has 0 saturated carbocycles. The van der Waals surface area contributed by atoms with Crippen molar-refractivity contribution in [2.45, 2.75) is 19.8 Å². The minimum Gasteiger partial charge on any atom is -0.497 e. The normalized spacial score (nSPS) is 9.58. The van der Waals surface area contributed by atoms with Crippen molar-refractivity contribution in [3.63, 3.8) is 0 Å². The largest absolute Gasteiger partial charge is 0.497 e. The van der Waals surface area contributed by atoms with E-state index < -0.39 is 0 Å². The van der Waals surface area contributed by atoms with Crippen LogP contribution in [0, 0.1) is 18.3 Å². The zero-order valence-electron chi connectivity index (χ0n) is 11.4. The van der Waals surface area contributed by atoms with Gasteiger partial charge in [-0.05, 0) is 30.5 Å². The Morgan fingerprint density at radius 3 is 2.68 bits per heavy atom. The first-order valence-corrected chi connectivity index (χ1v) is 5.97. The van der Waals surface area contributed by atoms with Gasteiger partial charge in [-0.25, -0.2) is 0 Å². The first-order valence-electron chi connectivity index (χ1n) is 5.97. The van der Waals surface area contributed by atoms with Crippen molar-refractivity contribution >= 4 is 5.91 Å². The number of nitriles is 1. The third-order valence-corrected chi connectivity index (χ3v) is 2.80. The highest BCUT2D eigenvalue weighted by Gasteiger charge is 2.10. The highest BCUT2D eigenvalue weighted by atomic mass is 16.5. The van der Waals surface area contributed by atoms with E-state index in [-0.39, 0.29) is 12.3 Å². The maximum Gasteiger partial charge on any atom is 0.234 e. The topological polar surface area (TPSA) is 71.3 Å². The number of methoxy groups -OCH3 is 2. The van der Waals surface area contributed by atoms with Crippen LogP contribution in [-0.2, 0) is 11.2 Å². The maximum absolute atomic E-state index is 11.2. The van der Waals surface area contributed by atoms with Gasteiger partial charge in [-0.3, -0.25) is 4.79 Å². The predicted octanol–water partition coefficient (Wildman–Crippen LogP) is 1.58. The maximum atomic E-state index is 11.2. The fourth-order valence-corrected chi connectivity index (χ4v) is 1.83. The van der Waals surface area contributed by atoms with Gasteiger partial charge in [0.2, 0.25) is 5.91 Å². The van der Waals surface area contributed by atoms with E-state index in [0.29, 0.717) is 13.0 Å². The fraction of sp³-hybridized carbons (Fsp3) is 0.429. The molecule has 0 aliphatic heterocycles. The molecule has 0 atom stereocenters. The van der Waals surface area contributed by atoms with Crippen LogP contribution in [0.3, 0.4) is 0 Å². The fourth-order valence-electron chi connectivity index (χ4n) is 1.83. The molecule has 1 N–H and O–H groups in total. The van der Waals surface area contributed by atoms with Gasteiger partial charge in [-0.2, -0.15) is 5.26 Å². The number of carbonyl (C=O) groups is 1. The number of rotatable bonds is 6. The summed E-state index contributed by atoms with van der Waals surface area (Å²) in [6.45, 7) is 2.45. The summed E-state index contributed by atoms with van der Waals surface area (Å²) in [7, 11) is 3.21. The van der Waals surface area contributed by atoms with Crippen LogP contribution in [-0.4, -0.2) is 26.7 Å². The molecule has 0 aliphatic carbocycles. The van der Waals surface area contributed by atoms with Crippen LogP contribution in [0.1, 0.15) is 17.5 Å². The van der Waals surface area contributed by atoms with Crippen molar-refractivity contribution in [2.75, 3.05) is 20.8 Å². The Kier molecular flexibility index (Phi) is 5.68. The van der Waals surface area contributed by atoms with E-state index in [1.165, 1.54) is 0 Å². The average Bonchev–Trinajstić information content (AvgIpc) is 2.40. The number of nitrogens with one attached hydrogen (secondary N) is 1. The molecule has 5 heteroatoms. The van der Waals surface area contributed by atoms with E-state index in [2.05, 4.69) is 5.32 Å². The minimum atomic E-state index is -0.257. The van der Waals surface area contributed by atoms with E-state index in [9.17, 15) is 4.79 Å². The van der Waals surface area contributed by atoms with Crippen molar-refractivity contribution < 1.29 is 14.3 Å². The molecule has 0 radical (unpaired) electrons. The Balaban J connectivity index is 2.73. The second-order valence-electron chi connectivity index (χ2n) is 4.06. The Bertz CT molecular complexity index is 492. The molecule has 0 heterocycles. The Labute approximate surface area is 113 Å². The summed E-state index contributed by atoms with van der Waals surface area (Å²) in [6.07, 6.45) is 0.537. The second-order valence-corrected chi connectivity index (χ2v) is 4.06. The van der Waals surface area contributed by atoms with Crippen molar-refractivity contribution in [3.05, 3.63) is 23.3 Å². The summed E-state index contributed by atoms with van der Waals surface area (Å²) in [5, 5.41) is 11.1. The average molecular weight is 262 g/mol. The lowest BCUT2D eigenvalue weighted by atomic mass is 10.0. The summed E-state index contributed by atoms with van der Waals surface area (Å²) in [5.41, 5.74) is 2.08. The molecule has 5 nitrogen and oxygen atoms in total. The molecule has 1 amide bonds. The quantitative estimate of drug-likeness (QED) is 0.845. The molecule has 0 aromatic heterocycles.